The van der Waals surface area contributed by atoms with Gasteiger partial charge in [-0.3, -0.25) is 4.79 Å². The Kier molecular flexibility index (Phi) is 4.93. The number of aryl methyl sites for hydroxylation is 1. The number of amides is 1. The molecule has 2 aromatic heterocycles. The number of benzene rings is 2. The lowest BCUT2D eigenvalue weighted by molar-refractivity contribution is 0.0730. The lowest BCUT2D eigenvalue weighted by Crippen LogP contribution is -2.30. The van der Waals surface area contributed by atoms with Crippen molar-refractivity contribution in [1.29, 1.82) is 0 Å². The molecule has 1 atom stereocenters. The molecule has 5 rings (SSSR count). The average Bonchev–Trinajstić information content (AvgIpc) is 3.54. The first-order valence-corrected chi connectivity index (χ1v) is 11.0. The highest BCUT2D eigenvalue weighted by Gasteiger charge is 2.31. The van der Waals surface area contributed by atoms with Gasteiger partial charge in [0.25, 0.3) is 5.91 Å². The highest BCUT2D eigenvalue weighted by molar-refractivity contribution is 7.13. The van der Waals surface area contributed by atoms with Gasteiger partial charge in [-0.2, -0.15) is 5.10 Å². The summed E-state index contributed by atoms with van der Waals surface area (Å²) < 4.78 is 1.83. The van der Waals surface area contributed by atoms with Gasteiger partial charge in [-0.1, -0.05) is 48.0 Å². The molecule has 0 aliphatic carbocycles. The molecule has 1 amide bonds. The van der Waals surface area contributed by atoms with E-state index in [2.05, 4.69) is 41.3 Å². The number of carbonyl (C=O) groups is 1. The van der Waals surface area contributed by atoms with Crippen molar-refractivity contribution < 1.29 is 4.79 Å². The van der Waals surface area contributed by atoms with E-state index in [1.165, 1.54) is 22.5 Å². The summed E-state index contributed by atoms with van der Waals surface area (Å²) in [6, 6.07) is 18.5. The molecule has 5 nitrogen and oxygen atoms in total. The Bertz CT molecular complexity index is 1180. The Hall–Kier alpha value is -3.25. The first kappa shape index (κ1) is 18.8. The van der Waals surface area contributed by atoms with E-state index in [0.717, 1.165) is 35.6 Å². The van der Waals surface area contributed by atoms with Gasteiger partial charge >= 0.3 is 0 Å². The first-order valence-electron chi connectivity index (χ1n) is 10.1. The van der Waals surface area contributed by atoms with Crippen LogP contribution >= 0.6 is 11.3 Å². The Balaban J connectivity index is 1.37. The molecule has 0 spiro atoms. The van der Waals surface area contributed by atoms with Crippen molar-refractivity contribution in [3.63, 3.8) is 0 Å². The largest absolute Gasteiger partial charge is 0.330 e. The number of nitrogens with zero attached hydrogens (tertiary/aromatic N) is 4. The van der Waals surface area contributed by atoms with Gasteiger partial charge in [0.2, 0.25) is 0 Å². The lowest BCUT2D eigenvalue weighted by atomic mass is 10.0. The van der Waals surface area contributed by atoms with Gasteiger partial charge in [-0.05, 0) is 37.5 Å². The number of thiazole rings is 1. The predicted octanol–water partition coefficient (Wildman–Crippen LogP) is 5.28. The van der Waals surface area contributed by atoms with E-state index in [9.17, 15) is 4.79 Å². The summed E-state index contributed by atoms with van der Waals surface area (Å²) in [6.07, 6.45) is 5.76. The molecule has 0 saturated carbocycles. The van der Waals surface area contributed by atoms with Gasteiger partial charge in [0.15, 0.2) is 0 Å². The van der Waals surface area contributed by atoms with Crippen molar-refractivity contribution in [3.8, 4) is 16.3 Å². The Morgan fingerprint density at radius 3 is 2.83 bits per heavy atom. The van der Waals surface area contributed by atoms with Crippen LogP contribution in [0, 0.1) is 6.92 Å². The molecule has 2 aromatic carbocycles. The molecular formula is C24H22N4OS. The maximum Gasteiger partial charge on any atom is 0.273 e. The van der Waals surface area contributed by atoms with E-state index < -0.39 is 0 Å². The fourth-order valence-electron chi connectivity index (χ4n) is 4.04. The minimum Gasteiger partial charge on any atom is -0.330 e. The molecule has 150 valence electrons. The van der Waals surface area contributed by atoms with Crippen LogP contribution in [0.25, 0.3) is 16.3 Å². The Morgan fingerprint density at radius 1 is 1.13 bits per heavy atom. The van der Waals surface area contributed by atoms with E-state index in [4.69, 9.17) is 0 Å². The van der Waals surface area contributed by atoms with Crippen molar-refractivity contribution in [3.05, 3.63) is 89.2 Å². The highest BCUT2D eigenvalue weighted by atomic mass is 32.1. The molecule has 1 aliphatic rings. The molecule has 4 aromatic rings. The van der Waals surface area contributed by atoms with Crippen LogP contribution < -0.4 is 0 Å². The molecule has 0 bridgehead atoms. The van der Waals surface area contributed by atoms with Gasteiger partial charge in [-0.25, -0.2) is 9.67 Å². The van der Waals surface area contributed by atoms with Gasteiger partial charge < -0.3 is 4.90 Å². The summed E-state index contributed by atoms with van der Waals surface area (Å²) in [7, 11) is 0. The number of likely N-dealkylation sites (tertiary alicyclic amines) is 1. The Morgan fingerprint density at radius 2 is 2.00 bits per heavy atom. The summed E-state index contributed by atoms with van der Waals surface area (Å²) in [5.74, 6) is 0.0111. The molecule has 30 heavy (non-hydrogen) atoms. The summed E-state index contributed by atoms with van der Waals surface area (Å²) in [6.45, 7) is 2.86. The fourth-order valence-corrected chi connectivity index (χ4v) is 4.81. The summed E-state index contributed by atoms with van der Waals surface area (Å²) in [4.78, 5) is 19.9. The maximum absolute atomic E-state index is 13.2. The summed E-state index contributed by atoms with van der Waals surface area (Å²) in [5, 5.41) is 7.12. The van der Waals surface area contributed by atoms with Crippen LogP contribution in [-0.4, -0.2) is 32.1 Å². The molecule has 1 fully saturated rings. The number of carbonyl (C=O) groups excluding carboxylic acids is 1. The summed E-state index contributed by atoms with van der Waals surface area (Å²) in [5.41, 5.74) is 4.86. The zero-order valence-electron chi connectivity index (χ0n) is 16.7. The standard InChI is InChI=1S/C24H22N4OS/c1-17-7-5-8-18(13-17)22-11-6-12-27(22)24(29)21-16-30-23(26-21)19-14-25-28(15-19)20-9-3-2-4-10-20/h2-5,7-10,13-16,22H,6,11-12H2,1H3. The second-order valence-electron chi connectivity index (χ2n) is 7.62. The maximum atomic E-state index is 13.2. The van der Waals surface area contributed by atoms with Gasteiger partial charge in [0.05, 0.1) is 17.9 Å². The van der Waals surface area contributed by atoms with Crippen LogP contribution in [0.15, 0.2) is 72.4 Å². The molecule has 6 heteroatoms. The van der Waals surface area contributed by atoms with Crippen molar-refractivity contribution in [2.75, 3.05) is 6.54 Å². The van der Waals surface area contributed by atoms with Crippen molar-refractivity contribution >= 4 is 17.2 Å². The van der Waals surface area contributed by atoms with Crippen LogP contribution in [-0.2, 0) is 0 Å². The normalized spacial score (nSPS) is 16.2. The van der Waals surface area contributed by atoms with Crippen molar-refractivity contribution in [2.45, 2.75) is 25.8 Å². The third-order valence-corrected chi connectivity index (χ3v) is 6.41. The molecule has 1 unspecified atom stereocenters. The molecule has 0 radical (unpaired) electrons. The highest BCUT2D eigenvalue weighted by Crippen LogP contribution is 2.34. The van der Waals surface area contributed by atoms with Crippen molar-refractivity contribution in [1.82, 2.24) is 19.7 Å². The molecule has 3 heterocycles. The van der Waals surface area contributed by atoms with Gasteiger partial charge in [0, 0.05) is 23.7 Å². The van der Waals surface area contributed by atoms with E-state index in [0.29, 0.717) is 5.69 Å². The van der Waals surface area contributed by atoms with Crippen LogP contribution in [0.5, 0.6) is 0 Å². The number of hydrogen-bond acceptors (Lipinski definition) is 4. The smallest absolute Gasteiger partial charge is 0.273 e. The van der Waals surface area contributed by atoms with Gasteiger partial charge in [0.1, 0.15) is 10.7 Å². The SMILES string of the molecule is Cc1cccc(C2CCCN2C(=O)c2csc(-c3cnn(-c4ccccc4)c3)n2)c1. The zero-order valence-corrected chi connectivity index (χ0v) is 17.5. The van der Waals surface area contributed by atoms with Crippen LogP contribution in [0.3, 0.4) is 0 Å². The molecule has 0 N–H and O–H groups in total. The average molecular weight is 415 g/mol. The molecule has 1 saturated heterocycles. The Labute approximate surface area is 179 Å². The minimum absolute atomic E-state index is 0.0111. The number of rotatable bonds is 4. The lowest BCUT2D eigenvalue weighted by Gasteiger charge is -2.24. The summed E-state index contributed by atoms with van der Waals surface area (Å²) >= 11 is 1.49. The molecular weight excluding hydrogens is 392 g/mol. The van der Waals surface area contributed by atoms with E-state index in [1.807, 2.05) is 51.5 Å². The number of aromatic nitrogens is 3. The van der Waals surface area contributed by atoms with Crippen molar-refractivity contribution in [2.24, 2.45) is 0 Å². The topological polar surface area (TPSA) is 51.0 Å². The monoisotopic (exact) mass is 414 g/mol. The van der Waals surface area contributed by atoms with E-state index >= 15 is 0 Å². The van der Waals surface area contributed by atoms with Crippen LogP contribution in [0.2, 0.25) is 0 Å². The third-order valence-electron chi connectivity index (χ3n) is 5.51. The predicted molar refractivity (Wildman–Crippen MR) is 119 cm³/mol. The number of hydrogen-bond donors (Lipinski definition) is 0. The van der Waals surface area contributed by atoms with Crippen LogP contribution in [0.1, 0.15) is 40.5 Å². The zero-order chi connectivity index (χ0) is 20.5. The second-order valence-corrected chi connectivity index (χ2v) is 8.48. The fraction of sp³-hybridized carbons (Fsp3) is 0.208. The second kappa shape index (κ2) is 7.88. The molecule has 1 aliphatic heterocycles. The van der Waals surface area contributed by atoms with E-state index in [-0.39, 0.29) is 11.9 Å². The quantitative estimate of drug-likeness (QED) is 0.456. The van der Waals surface area contributed by atoms with Gasteiger partial charge in [-0.15, -0.1) is 11.3 Å². The first-order chi connectivity index (χ1) is 14.7. The van der Waals surface area contributed by atoms with Crippen LogP contribution in [0.4, 0.5) is 0 Å². The number of para-hydroxylation sites is 1. The third kappa shape index (κ3) is 3.55. The minimum atomic E-state index is 0.0111. The van der Waals surface area contributed by atoms with E-state index in [1.54, 1.807) is 6.20 Å².